The summed E-state index contributed by atoms with van der Waals surface area (Å²) in [5.41, 5.74) is 2.35. The lowest BCUT2D eigenvalue weighted by Gasteiger charge is -2.27. The van der Waals surface area contributed by atoms with Gasteiger partial charge in [0.15, 0.2) is 0 Å². The Morgan fingerprint density at radius 3 is 2.80 bits per heavy atom. The molecule has 0 saturated carbocycles. The minimum Gasteiger partial charge on any atom is -0.383 e. The Hall–Kier alpha value is -1.22. The molecule has 1 atom stereocenters. The predicted molar refractivity (Wildman–Crippen MR) is 77.6 cm³/mol. The number of hydrogen-bond donors (Lipinski definition) is 2. The molecule has 0 bridgehead atoms. The summed E-state index contributed by atoms with van der Waals surface area (Å²) in [6.45, 7) is 4.47. The molecule has 0 radical (unpaired) electrons. The number of ether oxygens (including phenoxy) is 1. The van der Waals surface area contributed by atoms with E-state index < -0.39 is 10.0 Å². The maximum atomic E-state index is 12.7. The highest BCUT2D eigenvalue weighted by molar-refractivity contribution is 7.89. The van der Waals surface area contributed by atoms with Crippen molar-refractivity contribution in [2.45, 2.75) is 31.2 Å². The van der Waals surface area contributed by atoms with Gasteiger partial charge in [0.1, 0.15) is 5.82 Å². The van der Waals surface area contributed by atoms with Gasteiger partial charge in [0.25, 0.3) is 0 Å². The normalized spacial score (nSPS) is 13.4. The summed E-state index contributed by atoms with van der Waals surface area (Å²) in [5, 5.41) is 0. The van der Waals surface area contributed by atoms with Crippen LogP contribution in [0.4, 0.5) is 5.82 Å². The van der Waals surface area contributed by atoms with Gasteiger partial charge in [-0.1, -0.05) is 6.92 Å². The molecule has 1 aromatic rings. The first-order chi connectivity index (χ1) is 9.47. The molecule has 0 amide bonds. The fraction of sp³-hybridized carbons (Fsp3) is 0.583. The van der Waals surface area contributed by atoms with E-state index in [4.69, 9.17) is 10.6 Å². The van der Waals surface area contributed by atoms with Crippen LogP contribution in [0, 0.1) is 0 Å². The number of hydrazine groups is 1. The molecule has 0 saturated heterocycles. The molecule has 3 N–H and O–H groups in total. The molecule has 0 aliphatic carbocycles. The van der Waals surface area contributed by atoms with Gasteiger partial charge in [0.05, 0.1) is 11.5 Å². The number of pyridine rings is 1. The maximum Gasteiger partial charge on any atom is 0.243 e. The number of methoxy groups -OCH3 is 1. The van der Waals surface area contributed by atoms with E-state index in [9.17, 15) is 8.42 Å². The summed E-state index contributed by atoms with van der Waals surface area (Å²) < 4.78 is 31.8. The minimum absolute atomic E-state index is 0.113. The van der Waals surface area contributed by atoms with Gasteiger partial charge < -0.3 is 10.2 Å². The lowest BCUT2D eigenvalue weighted by atomic mass is 10.3. The predicted octanol–water partition coefficient (Wildman–Crippen LogP) is 0.803. The highest BCUT2D eigenvalue weighted by atomic mass is 32.2. The molecule has 0 fully saturated rings. The first kappa shape index (κ1) is 16.8. The van der Waals surface area contributed by atoms with E-state index in [1.165, 1.54) is 22.6 Å². The molecule has 0 aromatic carbocycles. The lowest BCUT2D eigenvalue weighted by Crippen LogP contribution is -2.40. The second-order valence-corrected chi connectivity index (χ2v) is 6.28. The van der Waals surface area contributed by atoms with Crippen molar-refractivity contribution in [2.24, 2.45) is 5.84 Å². The number of nitrogens with two attached hydrogens (primary N) is 1. The SMILES string of the molecule is CCC(C)N(CCOC)S(=O)(=O)c1ccnc(NN)c1. The average molecular weight is 302 g/mol. The summed E-state index contributed by atoms with van der Waals surface area (Å²) in [4.78, 5) is 4.08. The first-order valence-electron chi connectivity index (χ1n) is 6.40. The number of hydrogen-bond acceptors (Lipinski definition) is 6. The van der Waals surface area contributed by atoms with E-state index in [0.29, 0.717) is 19.0 Å². The summed E-state index contributed by atoms with van der Waals surface area (Å²) in [5.74, 6) is 5.57. The second-order valence-electron chi connectivity index (χ2n) is 4.39. The topological polar surface area (TPSA) is 97.5 Å². The molecule has 8 heteroatoms. The molecule has 7 nitrogen and oxygen atoms in total. The van der Waals surface area contributed by atoms with Gasteiger partial charge >= 0.3 is 0 Å². The molecular formula is C12H22N4O3S. The van der Waals surface area contributed by atoms with Crippen molar-refractivity contribution >= 4 is 15.8 Å². The molecule has 1 rings (SSSR count). The van der Waals surface area contributed by atoms with Crippen LogP contribution in [0.2, 0.25) is 0 Å². The van der Waals surface area contributed by atoms with Crippen LogP contribution in [0.15, 0.2) is 23.2 Å². The van der Waals surface area contributed by atoms with E-state index in [-0.39, 0.29) is 10.9 Å². The molecular weight excluding hydrogens is 280 g/mol. The Bertz CT molecular complexity index is 521. The second kappa shape index (κ2) is 7.53. The molecule has 20 heavy (non-hydrogen) atoms. The summed E-state index contributed by atoms with van der Waals surface area (Å²) >= 11 is 0. The number of nitrogens with zero attached hydrogens (tertiary/aromatic N) is 2. The quantitative estimate of drug-likeness (QED) is 0.544. The van der Waals surface area contributed by atoms with E-state index in [1.807, 2.05) is 13.8 Å². The standard InChI is InChI=1S/C12H22N4O3S/c1-4-10(2)16(7-8-19-3)20(17,18)11-5-6-14-12(9-11)15-13/h5-6,9-10H,4,7-8,13H2,1-3H3,(H,14,15). The number of rotatable bonds is 8. The average Bonchev–Trinajstić information content (AvgIpc) is 2.47. The zero-order valence-electron chi connectivity index (χ0n) is 12.0. The number of aromatic nitrogens is 1. The largest absolute Gasteiger partial charge is 0.383 e. The summed E-state index contributed by atoms with van der Waals surface area (Å²) in [6.07, 6.45) is 2.13. The number of nitrogens with one attached hydrogen (secondary N) is 1. The number of anilines is 1. The van der Waals surface area contributed by atoms with Crippen LogP contribution in [0.25, 0.3) is 0 Å². The fourth-order valence-electron chi connectivity index (χ4n) is 1.75. The Morgan fingerprint density at radius 1 is 1.55 bits per heavy atom. The number of sulfonamides is 1. The monoisotopic (exact) mass is 302 g/mol. The van der Waals surface area contributed by atoms with Crippen molar-refractivity contribution in [3.8, 4) is 0 Å². The molecule has 1 unspecified atom stereocenters. The van der Waals surface area contributed by atoms with Gasteiger partial charge in [-0.3, -0.25) is 0 Å². The Morgan fingerprint density at radius 2 is 2.25 bits per heavy atom. The molecule has 0 aliphatic heterocycles. The van der Waals surface area contributed by atoms with Gasteiger partial charge in [-0.25, -0.2) is 19.2 Å². The molecule has 1 aromatic heterocycles. The summed E-state index contributed by atoms with van der Waals surface area (Å²) in [7, 11) is -2.05. The summed E-state index contributed by atoms with van der Waals surface area (Å²) in [6, 6.07) is 2.76. The van der Waals surface area contributed by atoms with Crippen molar-refractivity contribution < 1.29 is 13.2 Å². The van der Waals surface area contributed by atoms with Crippen LogP contribution >= 0.6 is 0 Å². The van der Waals surface area contributed by atoms with E-state index in [2.05, 4.69) is 10.4 Å². The third-order valence-electron chi connectivity index (χ3n) is 3.08. The van der Waals surface area contributed by atoms with Gasteiger partial charge in [0.2, 0.25) is 10.0 Å². The molecule has 0 aliphatic rings. The van der Waals surface area contributed by atoms with Crippen molar-refractivity contribution in [1.82, 2.24) is 9.29 Å². The van der Waals surface area contributed by atoms with Crippen LogP contribution in [0.5, 0.6) is 0 Å². The smallest absolute Gasteiger partial charge is 0.243 e. The highest BCUT2D eigenvalue weighted by Crippen LogP contribution is 2.20. The zero-order chi connectivity index (χ0) is 15.2. The van der Waals surface area contributed by atoms with Crippen LogP contribution in [-0.4, -0.2) is 44.0 Å². The molecule has 114 valence electrons. The fourth-order valence-corrected chi connectivity index (χ4v) is 3.45. The third kappa shape index (κ3) is 3.89. The highest BCUT2D eigenvalue weighted by Gasteiger charge is 2.28. The van der Waals surface area contributed by atoms with Crippen molar-refractivity contribution in [1.29, 1.82) is 0 Å². The third-order valence-corrected chi connectivity index (χ3v) is 5.09. The molecule has 0 spiro atoms. The number of nitrogen functional groups attached to an aromatic ring is 1. The van der Waals surface area contributed by atoms with Crippen LogP contribution < -0.4 is 11.3 Å². The van der Waals surface area contributed by atoms with Crippen LogP contribution in [0.1, 0.15) is 20.3 Å². The van der Waals surface area contributed by atoms with E-state index >= 15 is 0 Å². The zero-order valence-corrected chi connectivity index (χ0v) is 12.9. The van der Waals surface area contributed by atoms with Crippen LogP contribution in [-0.2, 0) is 14.8 Å². The van der Waals surface area contributed by atoms with E-state index in [0.717, 1.165) is 6.42 Å². The van der Waals surface area contributed by atoms with Crippen LogP contribution in [0.3, 0.4) is 0 Å². The Balaban J connectivity index is 3.14. The van der Waals surface area contributed by atoms with Gasteiger partial charge in [-0.15, -0.1) is 0 Å². The molecule has 1 heterocycles. The van der Waals surface area contributed by atoms with Crippen molar-refractivity contribution in [3.63, 3.8) is 0 Å². The van der Waals surface area contributed by atoms with Crippen molar-refractivity contribution in [3.05, 3.63) is 18.3 Å². The Kier molecular flexibility index (Phi) is 6.34. The van der Waals surface area contributed by atoms with Gasteiger partial charge in [-0.2, -0.15) is 4.31 Å². The minimum atomic E-state index is -3.60. The first-order valence-corrected chi connectivity index (χ1v) is 7.84. The van der Waals surface area contributed by atoms with Crippen molar-refractivity contribution in [2.75, 3.05) is 25.7 Å². The lowest BCUT2D eigenvalue weighted by molar-refractivity contribution is 0.167. The van der Waals surface area contributed by atoms with E-state index in [1.54, 1.807) is 7.11 Å². The van der Waals surface area contributed by atoms with Gasteiger partial charge in [-0.05, 0) is 19.4 Å². The maximum absolute atomic E-state index is 12.7. The van der Waals surface area contributed by atoms with Gasteiger partial charge in [0, 0.05) is 32.0 Å². The Labute approximate surface area is 120 Å².